The first-order valence-corrected chi connectivity index (χ1v) is 8.91. The van der Waals surface area contributed by atoms with Gasteiger partial charge in [-0.05, 0) is 49.5 Å². The van der Waals surface area contributed by atoms with Crippen molar-refractivity contribution >= 4 is 29.9 Å². The molecule has 2 aromatic carbocycles. The van der Waals surface area contributed by atoms with Gasteiger partial charge in [0, 0.05) is 27.2 Å². The quantitative estimate of drug-likeness (QED) is 0.357. The van der Waals surface area contributed by atoms with Gasteiger partial charge in [0.1, 0.15) is 11.6 Å². The molecule has 2 rings (SSSR count). The molecule has 0 spiro atoms. The van der Waals surface area contributed by atoms with E-state index in [0.717, 1.165) is 22.8 Å². The number of likely N-dealkylation sites (N-methyl/N-ethyl adjacent to an activating group) is 1. The maximum absolute atomic E-state index is 13.4. The first kappa shape index (κ1) is 24.2. The number of guanidine groups is 1. The van der Waals surface area contributed by atoms with Crippen molar-refractivity contribution in [3.8, 4) is 5.75 Å². The highest BCUT2D eigenvalue weighted by Crippen LogP contribution is 2.22. The minimum absolute atomic E-state index is 0. The third kappa shape index (κ3) is 6.94. The Bertz CT molecular complexity index is 770. The first-order chi connectivity index (χ1) is 12.9. The van der Waals surface area contributed by atoms with Gasteiger partial charge >= 0.3 is 0 Å². The Balaban J connectivity index is 0.00000392. The lowest BCUT2D eigenvalue weighted by atomic mass is 10.1. The van der Waals surface area contributed by atoms with E-state index in [9.17, 15) is 4.39 Å². The molecule has 0 amide bonds. The van der Waals surface area contributed by atoms with Gasteiger partial charge in [0.05, 0.1) is 13.2 Å². The van der Waals surface area contributed by atoms with Crippen LogP contribution in [0.25, 0.3) is 0 Å². The summed E-state index contributed by atoms with van der Waals surface area (Å²) in [5, 5.41) is 3.42. The zero-order valence-corrected chi connectivity index (χ0v) is 19.5. The topological polar surface area (TPSA) is 40.1 Å². The Kier molecular flexibility index (Phi) is 10.2. The maximum Gasteiger partial charge on any atom is 0.193 e. The van der Waals surface area contributed by atoms with Crippen LogP contribution in [0.4, 0.5) is 4.39 Å². The predicted molar refractivity (Wildman–Crippen MR) is 124 cm³/mol. The summed E-state index contributed by atoms with van der Waals surface area (Å²) in [6.45, 7) is 1.25. The number of aliphatic imine (C=N–C) groups is 1. The van der Waals surface area contributed by atoms with E-state index in [1.54, 1.807) is 26.3 Å². The van der Waals surface area contributed by atoms with Crippen molar-refractivity contribution in [2.75, 3.05) is 41.8 Å². The van der Waals surface area contributed by atoms with Gasteiger partial charge in [-0.25, -0.2) is 4.39 Å². The zero-order chi connectivity index (χ0) is 19.8. The summed E-state index contributed by atoms with van der Waals surface area (Å²) in [4.78, 5) is 8.49. The fourth-order valence-electron chi connectivity index (χ4n) is 3.00. The van der Waals surface area contributed by atoms with Crippen LogP contribution in [-0.4, -0.2) is 57.6 Å². The normalized spacial score (nSPS) is 12.3. The van der Waals surface area contributed by atoms with Crippen LogP contribution in [0, 0.1) is 5.82 Å². The summed E-state index contributed by atoms with van der Waals surface area (Å²) in [7, 11) is 9.46. The molecule has 2 aromatic rings. The summed E-state index contributed by atoms with van der Waals surface area (Å²) in [5.74, 6) is 1.37. The van der Waals surface area contributed by atoms with E-state index in [1.807, 2.05) is 50.3 Å². The molecule has 28 heavy (non-hydrogen) atoms. The molecule has 1 N–H and O–H groups in total. The minimum Gasteiger partial charge on any atom is -0.497 e. The van der Waals surface area contributed by atoms with Crippen LogP contribution in [0.3, 0.4) is 0 Å². The summed E-state index contributed by atoms with van der Waals surface area (Å²) < 4.78 is 18.8. The maximum atomic E-state index is 13.4. The molecule has 1 atom stereocenters. The number of methoxy groups -OCH3 is 1. The zero-order valence-electron chi connectivity index (χ0n) is 17.1. The van der Waals surface area contributed by atoms with Crippen LogP contribution >= 0.6 is 24.0 Å². The number of ether oxygens (including phenoxy) is 1. The van der Waals surface area contributed by atoms with Gasteiger partial charge in [-0.1, -0.05) is 24.3 Å². The highest BCUT2D eigenvalue weighted by atomic mass is 127. The summed E-state index contributed by atoms with van der Waals surface area (Å²) in [6.07, 6.45) is 0. The van der Waals surface area contributed by atoms with Crippen molar-refractivity contribution in [2.24, 2.45) is 4.99 Å². The largest absolute Gasteiger partial charge is 0.497 e. The molecule has 7 heteroatoms. The van der Waals surface area contributed by atoms with Gasteiger partial charge in [0.2, 0.25) is 0 Å². The standard InChI is InChI=1S/C21H29FN4O.HI/c1-23-21(26(4)15-16-8-6-10-18(22)12-16)24-14-20(25(2)3)17-9-7-11-19(13-17)27-5;/h6-13,20H,14-15H2,1-5H3,(H,23,24);1H. The number of hydrogen-bond acceptors (Lipinski definition) is 3. The summed E-state index contributed by atoms with van der Waals surface area (Å²) in [5.41, 5.74) is 2.06. The molecule has 5 nitrogen and oxygen atoms in total. The van der Waals surface area contributed by atoms with Crippen molar-refractivity contribution < 1.29 is 9.13 Å². The molecule has 0 radical (unpaired) electrons. The molecule has 0 aliphatic rings. The monoisotopic (exact) mass is 500 g/mol. The lowest BCUT2D eigenvalue weighted by Gasteiger charge is -2.28. The predicted octanol–water partition coefficient (Wildman–Crippen LogP) is 3.76. The van der Waals surface area contributed by atoms with Crippen molar-refractivity contribution in [1.82, 2.24) is 15.1 Å². The smallest absolute Gasteiger partial charge is 0.193 e. The molecule has 0 aliphatic heterocycles. The molecule has 0 aromatic heterocycles. The molecular weight excluding hydrogens is 470 g/mol. The second-order valence-electron chi connectivity index (χ2n) is 6.67. The fourth-order valence-corrected chi connectivity index (χ4v) is 3.00. The number of hydrogen-bond donors (Lipinski definition) is 1. The second-order valence-corrected chi connectivity index (χ2v) is 6.67. The minimum atomic E-state index is -0.227. The molecule has 0 aliphatic carbocycles. The number of nitrogens with one attached hydrogen (secondary N) is 1. The van der Waals surface area contributed by atoms with Gasteiger partial charge in [0.15, 0.2) is 5.96 Å². The van der Waals surface area contributed by atoms with Crippen molar-refractivity contribution in [1.29, 1.82) is 0 Å². The Hall–Kier alpha value is -1.87. The average Bonchev–Trinajstić information content (AvgIpc) is 2.65. The van der Waals surface area contributed by atoms with Crippen LogP contribution in [0.15, 0.2) is 53.5 Å². The molecular formula is C21H30FIN4O. The number of rotatable bonds is 7. The van der Waals surface area contributed by atoms with Crippen LogP contribution in [0.1, 0.15) is 17.2 Å². The third-order valence-electron chi connectivity index (χ3n) is 4.44. The lowest BCUT2D eigenvalue weighted by molar-refractivity contribution is 0.294. The molecule has 0 saturated carbocycles. The second kappa shape index (κ2) is 11.9. The number of halogens is 2. The lowest BCUT2D eigenvalue weighted by Crippen LogP contribution is -2.42. The SMILES string of the molecule is CN=C(NCC(c1cccc(OC)c1)N(C)C)N(C)Cc1cccc(F)c1.I. The molecule has 0 bridgehead atoms. The Morgan fingerprint density at radius 3 is 2.46 bits per heavy atom. The van der Waals surface area contributed by atoms with Gasteiger partial charge in [-0.3, -0.25) is 4.99 Å². The van der Waals surface area contributed by atoms with E-state index in [-0.39, 0.29) is 35.8 Å². The molecule has 0 heterocycles. The van der Waals surface area contributed by atoms with Gasteiger partial charge in [-0.2, -0.15) is 0 Å². The Labute approximate surface area is 184 Å². The van der Waals surface area contributed by atoms with E-state index in [1.165, 1.54) is 6.07 Å². The Morgan fingerprint density at radius 2 is 1.86 bits per heavy atom. The van der Waals surface area contributed by atoms with Gasteiger partial charge < -0.3 is 19.9 Å². The van der Waals surface area contributed by atoms with Crippen molar-refractivity contribution in [3.05, 3.63) is 65.5 Å². The van der Waals surface area contributed by atoms with Crippen molar-refractivity contribution in [2.45, 2.75) is 12.6 Å². The molecule has 154 valence electrons. The van der Waals surface area contributed by atoms with Crippen LogP contribution in [0.2, 0.25) is 0 Å². The fraction of sp³-hybridized carbons (Fsp3) is 0.381. The van der Waals surface area contributed by atoms with E-state index < -0.39 is 0 Å². The van der Waals surface area contributed by atoms with Crippen LogP contribution in [-0.2, 0) is 6.54 Å². The highest BCUT2D eigenvalue weighted by Gasteiger charge is 2.16. The molecule has 0 saturated heterocycles. The number of benzene rings is 2. The molecule has 1 unspecified atom stereocenters. The highest BCUT2D eigenvalue weighted by molar-refractivity contribution is 14.0. The first-order valence-electron chi connectivity index (χ1n) is 8.91. The van der Waals surface area contributed by atoms with E-state index in [2.05, 4.69) is 21.3 Å². The van der Waals surface area contributed by atoms with E-state index in [4.69, 9.17) is 4.74 Å². The summed E-state index contributed by atoms with van der Waals surface area (Å²) in [6, 6.07) is 14.9. The van der Waals surface area contributed by atoms with Gasteiger partial charge in [0.25, 0.3) is 0 Å². The number of nitrogens with zero attached hydrogens (tertiary/aromatic N) is 3. The third-order valence-corrected chi connectivity index (χ3v) is 4.44. The summed E-state index contributed by atoms with van der Waals surface area (Å²) >= 11 is 0. The average molecular weight is 500 g/mol. The van der Waals surface area contributed by atoms with Crippen LogP contribution in [0.5, 0.6) is 5.75 Å². The van der Waals surface area contributed by atoms with Crippen LogP contribution < -0.4 is 10.1 Å². The van der Waals surface area contributed by atoms with E-state index >= 15 is 0 Å². The van der Waals surface area contributed by atoms with Crippen molar-refractivity contribution in [3.63, 3.8) is 0 Å². The van der Waals surface area contributed by atoms with Gasteiger partial charge in [-0.15, -0.1) is 24.0 Å². The van der Waals surface area contributed by atoms with E-state index in [0.29, 0.717) is 13.1 Å². The Morgan fingerprint density at radius 1 is 1.14 bits per heavy atom. The molecule has 0 fully saturated rings.